The molecular formula is C13H16BrN3. The smallest absolute Gasteiger partial charge is 0.105 e. The van der Waals surface area contributed by atoms with Crippen molar-refractivity contribution < 1.29 is 0 Å². The fourth-order valence-electron chi connectivity index (χ4n) is 1.89. The van der Waals surface area contributed by atoms with E-state index in [-0.39, 0.29) is 0 Å². The van der Waals surface area contributed by atoms with Crippen LogP contribution in [0, 0.1) is 6.92 Å². The van der Waals surface area contributed by atoms with E-state index in [0.29, 0.717) is 12.5 Å². The van der Waals surface area contributed by atoms with Gasteiger partial charge >= 0.3 is 0 Å². The molecule has 1 aromatic heterocycles. The molecule has 2 N–H and O–H groups in total. The first-order valence-electron chi connectivity index (χ1n) is 5.64. The number of halogens is 1. The zero-order valence-electron chi connectivity index (χ0n) is 9.81. The van der Waals surface area contributed by atoms with Crippen molar-refractivity contribution in [3.8, 4) is 0 Å². The highest BCUT2D eigenvalue weighted by Gasteiger charge is 2.11. The standard InChI is InChI=1S/C13H16BrN3/c1-10-16-6-7-17(10)9-12(8-15)11-2-4-13(14)5-3-11/h2-7,12H,8-9,15H2,1H3. The van der Waals surface area contributed by atoms with Gasteiger partial charge in [-0.05, 0) is 24.6 Å². The predicted molar refractivity (Wildman–Crippen MR) is 72.9 cm³/mol. The van der Waals surface area contributed by atoms with Crippen molar-refractivity contribution in [2.75, 3.05) is 6.54 Å². The summed E-state index contributed by atoms with van der Waals surface area (Å²) in [5.41, 5.74) is 7.13. The van der Waals surface area contributed by atoms with Gasteiger partial charge in [0.2, 0.25) is 0 Å². The molecule has 2 aromatic rings. The molecule has 0 aliphatic heterocycles. The Hall–Kier alpha value is -1.13. The largest absolute Gasteiger partial charge is 0.335 e. The summed E-state index contributed by atoms with van der Waals surface area (Å²) in [4.78, 5) is 4.23. The summed E-state index contributed by atoms with van der Waals surface area (Å²) in [6.45, 7) is 3.53. The lowest BCUT2D eigenvalue weighted by molar-refractivity contribution is 0.556. The molecule has 0 spiro atoms. The molecule has 0 bridgehead atoms. The van der Waals surface area contributed by atoms with Crippen molar-refractivity contribution in [2.45, 2.75) is 19.4 Å². The highest BCUT2D eigenvalue weighted by atomic mass is 79.9. The van der Waals surface area contributed by atoms with Gasteiger partial charge < -0.3 is 10.3 Å². The Morgan fingerprint density at radius 3 is 2.59 bits per heavy atom. The molecule has 2 rings (SSSR count). The number of nitrogens with zero attached hydrogens (tertiary/aromatic N) is 2. The molecule has 17 heavy (non-hydrogen) atoms. The fourth-order valence-corrected chi connectivity index (χ4v) is 2.15. The van der Waals surface area contributed by atoms with Crippen molar-refractivity contribution in [1.82, 2.24) is 9.55 Å². The van der Waals surface area contributed by atoms with Crippen LogP contribution in [0.4, 0.5) is 0 Å². The van der Waals surface area contributed by atoms with Crippen LogP contribution in [0.25, 0.3) is 0 Å². The van der Waals surface area contributed by atoms with Gasteiger partial charge in [-0.15, -0.1) is 0 Å². The Labute approximate surface area is 110 Å². The molecule has 0 saturated carbocycles. The molecule has 1 aromatic carbocycles. The summed E-state index contributed by atoms with van der Waals surface area (Å²) in [7, 11) is 0. The van der Waals surface area contributed by atoms with Crippen LogP contribution in [0.15, 0.2) is 41.1 Å². The SMILES string of the molecule is Cc1nccn1CC(CN)c1ccc(Br)cc1. The molecule has 0 radical (unpaired) electrons. The van der Waals surface area contributed by atoms with Crippen molar-refractivity contribution in [2.24, 2.45) is 5.73 Å². The van der Waals surface area contributed by atoms with E-state index in [0.717, 1.165) is 16.8 Å². The van der Waals surface area contributed by atoms with Crippen molar-refractivity contribution in [3.05, 3.63) is 52.5 Å². The molecule has 0 aliphatic rings. The molecule has 3 nitrogen and oxygen atoms in total. The minimum atomic E-state index is 0.330. The van der Waals surface area contributed by atoms with E-state index in [9.17, 15) is 0 Å². The number of nitrogens with two attached hydrogens (primary N) is 1. The molecule has 0 amide bonds. The first-order chi connectivity index (χ1) is 8.20. The topological polar surface area (TPSA) is 43.8 Å². The second-order valence-electron chi connectivity index (χ2n) is 4.11. The number of aromatic nitrogens is 2. The minimum absolute atomic E-state index is 0.330. The van der Waals surface area contributed by atoms with Crippen LogP contribution >= 0.6 is 15.9 Å². The average molecular weight is 294 g/mol. The highest BCUT2D eigenvalue weighted by Crippen LogP contribution is 2.20. The van der Waals surface area contributed by atoms with Gasteiger partial charge in [0.1, 0.15) is 5.82 Å². The van der Waals surface area contributed by atoms with Crippen LogP contribution in [0.2, 0.25) is 0 Å². The molecule has 0 aliphatic carbocycles. The summed E-state index contributed by atoms with van der Waals surface area (Å²) in [6, 6.07) is 8.35. The molecule has 90 valence electrons. The summed E-state index contributed by atoms with van der Waals surface area (Å²) >= 11 is 3.44. The third-order valence-electron chi connectivity index (χ3n) is 2.97. The highest BCUT2D eigenvalue weighted by molar-refractivity contribution is 9.10. The number of imidazole rings is 1. The Morgan fingerprint density at radius 1 is 1.35 bits per heavy atom. The van der Waals surface area contributed by atoms with Crippen LogP contribution in [0.5, 0.6) is 0 Å². The van der Waals surface area contributed by atoms with Gasteiger partial charge in [0.25, 0.3) is 0 Å². The molecule has 1 unspecified atom stereocenters. The second-order valence-corrected chi connectivity index (χ2v) is 5.03. The summed E-state index contributed by atoms with van der Waals surface area (Å²) in [5, 5.41) is 0. The lowest BCUT2D eigenvalue weighted by atomic mass is 9.99. The quantitative estimate of drug-likeness (QED) is 0.942. The predicted octanol–water partition coefficient (Wildman–Crippen LogP) is 2.70. The van der Waals surface area contributed by atoms with Crippen molar-refractivity contribution >= 4 is 15.9 Å². The Kier molecular flexibility index (Phi) is 3.97. The lowest BCUT2D eigenvalue weighted by Gasteiger charge is -2.17. The van der Waals surface area contributed by atoms with Gasteiger partial charge in [-0.2, -0.15) is 0 Å². The van der Waals surface area contributed by atoms with E-state index in [1.54, 1.807) is 0 Å². The summed E-state index contributed by atoms with van der Waals surface area (Å²) < 4.78 is 3.23. The fraction of sp³-hybridized carbons (Fsp3) is 0.308. The molecular weight excluding hydrogens is 278 g/mol. The van der Waals surface area contributed by atoms with Crippen molar-refractivity contribution in [1.29, 1.82) is 0 Å². The van der Waals surface area contributed by atoms with E-state index in [2.05, 4.69) is 49.7 Å². The molecule has 0 saturated heterocycles. The van der Waals surface area contributed by atoms with Crippen LogP contribution in [-0.2, 0) is 6.54 Å². The van der Waals surface area contributed by atoms with Gasteiger partial charge in [0.05, 0.1) is 0 Å². The van der Waals surface area contributed by atoms with Gasteiger partial charge in [-0.25, -0.2) is 4.98 Å². The zero-order valence-corrected chi connectivity index (χ0v) is 11.4. The average Bonchev–Trinajstić information content (AvgIpc) is 2.73. The van der Waals surface area contributed by atoms with Crippen LogP contribution in [-0.4, -0.2) is 16.1 Å². The number of aryl methyl sites for hydroxylation is 1. The molecule has 0 fully saturated rings. The van der Waals surface area contributed by atoms with E-state index >= 15 is 0 Å². The third-order valence-corrected chi connectivity index (χ3v) is 3.50. The maximum atomic E-state index is 5.86. The van der Waals surface area contributed by atoms with Crippen LogP contribution in [0.3, 0.4) is 0 Å². The number of benzene rings is 1. The monoisotopic (exact) mass is 293 g/mol. The molecule has 1 heterocycles. The van der Waals surface area contributed by atoms with Crippen molar-refractivity contribution in [3.63, 3.8) is 0 Å². The Balaban J connectivity index is 2.17. The Bertz CT molecular complexity index is 476. The van der Waals surface area contributed by atoms with Gasteiger partial charge in [-0.3, -0.25) is 0 Å². The maximum Gasteiger partial charge on any atom is 0.105 e. The summed E-state index contributed by atoms with van der Waals surface area (Å²) in [6.07, 6.45) is 3.82. The van der Waals surface area contributed by atoms with Crippen LogP contribution in [0.1, 0.15) is 17.3 Å². The van der Waals surface area contributed by atoms with Gasteiger partial charge in [-0.1, -0.05) is 28.1 Å². The van der Waals surface area contributed by atoms with Gasteiger partial charge in [0.15, 0.2) is 0 Å². The number of rotatable bonds is 4. The van der Waals surface area contributed by atoms with Crippen LogP contribution < -0.4 is 5.73 Å². The molecule has 1 atom stereocenters. The first kappa shape index (κ1) is 12.3. The minimum Gasteiger partial charge on any atom is -0.335 e. The summed E-state index contributed by atoms with van der Waals surface area (Å²) in [5.74, 6) is 1.36. The number of hydrogen-bond acceptors (Lipinski definition) is 2. The van der Waals surface area contributed by atoms with Gasteiger partial charge in [0, 0.05) is 35.9 Å². The zero-order chi connectivity index (χ0) is 12.3. The van der Waals surface area contributed by atoms with E-state index in [1.165, 1.54) is 5.56 Å². The van der Waals surface area contributed by atoms with E-state index < -0.39 is 0 Å². The van der Waals surface area contributed by atoms with E-state index in [1.807, 2.05) is 19.3 Å². The first-order valence-corrected chi connectivity index (χ1v) is 6.43. The Morgan fingerprint density at radius 2 is 2.06 bits per heavy atom. The lowest BCUT2D eigenvalue weighted by Crippen LogP contribution is -2.18. The maximum absolute atomic E-state index is 5.86. The third kappa shape index (κ3) is 2.96. The normalized spacial score (nSPS) is 12.6. The second kappa shape index (κ2) is 5.47. The number of hydrogen-bond donors (Lipinski definition) is 1. The van der Waals surface area contributed by atoms with E-state index in [4.69, 9.17) is 5.73 Å². The molecule has 4 heteroatoms.